The van der Waals surface area contributed by atoms with E-state index in [0.717, 1.165) is 24.8 Å². The number of ether oxygens (including phenoxy) is 3. The van der Waals surface area contributed by atoms with Gasteiger partial charge in [0.15, 0.2) is 11.5 Å². The first-order valence-electron chi connectivity index (χ1n) is 9.55. The number of hydrogen-bond donors (Lipinski definition) is 0. The molecule has 142 valence electrons. The van der Waals surface area contributed by atoms with Crippen molar-refractivity contribution in [2.45, 2.75) is 38.4 Å². The van der Waals surface area contributed by atoms with E-state index in [9.17, 15) is 4.79 Å². The number of carbonyl (C=O) groups excluding carboxylic acids is 1. The summed E-state index contributed by atoms with van der Waals surface area (Å²) in [4.78, 5) is 13.8. The lowest BCUT2D eigenvalue weighted by Crippen LogP contribution is -2.38. The molecule has 2 aromatic carbocycles. The Balaban J connectivity index is 1.51. The van der Waals surface area contributed by atoms with Crippen LogP contribution in [-0.4, -0.2) is 37.3 Å². The zero-order valence-electron chi connectivity index (χ0n) is 15.8. The van der Waals surface area contributed by atoms with E-state index in [1.54, 1.807) is 12.0 Å². The molecule has 2 aliphatic rings. The van der Waals surface area contributed by atoms with Gasteiger partial charge in [0, 0.05) is 32.4 Å². The SMILES string of the molecule is CCN1CCC(c2ccc(OC)c(OC3Cc4ccccc4C3)c2)OC1=O. The highest BCUT2D eigenvalue weighted by Gasteiger charge is 2.29. The first-order valence-corrected chi connectivity index (χ1v) is 9.55. The summed E-state index contributed by atoms with van der Waals surface area (Å²) >= 11 is 0. The number of amides is 1. The molecule has 1 fully saturated rings. The number of hydrogen-bond acceptors (Lipinski definition) is 4. The summed E-state index contributed by atoms with van der Waals surface area (Å²) in [7, 11) is 1.64. The fourth-order valence-electron chi connectivity index (χ4n) is 3.91. The molecule has 1 unspecified atom stereocenters. The standard InChI is InChI=1S/C22H25NO4/c1-3-23-11-10-19(27-22(23)24)17-8-9-20(25-2)21(14-17)26-18-12-15-6-4-5-7-16(15)13-18/h4-9,14,18-19H,3,10-13H2,1-2H3. The molecule has 5 nitrogen and oxygen atoms in total. The first kappa shape index (κ1) is 17.7. The zero-order chi connectivity index (χ0) is 18.8. The van der Waals surface area contributed by atoms with Crippen molar-refractivity contribution in [2.24, 2.45) is 0 Å². The second kappa shape index (κ2) is 7.51. The number of carbonyl (C=O) groups is 1. The molecule has 1 aliphatic heterocycles. The molecule has 27 heavy (non-hydrogen) atoms. The lowest BCUT2D eigenvalue weighted by atomic mass is 10.0. The van der Waals surface area contributed by atoms with Gasteiger partial charge in [-0.25, -0.2) is 4.79 Å². The van der Waals surface area contributed by atoms with Gasteiger partial charge in [0.05, 0.1) is 7.11 Å². The molecule has 0 N–H and O–H groups in total. The second-order valence-corrected chi connectivity index (χ2v) is 7.07. The molecule has 0 radical (unpaired) electrons. The minimum atomic E-state index is -0.252. The van der Waals surface area contributed by atoms with E-state index in [1.807, 2.05) is 25.1 Å². The molecular formula is C22H25NO4. The summed E-state index contributed by atoms with van der Waals surface area (Å²) in [5, 5.41) is 0. The fraction of sp³-hybridized carbons (Fsp3) is 0.409. The number of fused-ring (bicyclic) bond motifs is 1. The Morgan fingerprint density at radius 2 is 1.85 bits per heavy atom. The highest BCUT2D eigenvalue weighted by atomic mass is 16.6. The summed E-state index contributed by atoms with van der Waals surface area (Å²) in [6.07, 6.45) is 2.17. The Bertz CT molecular complexity index is 810. The topological polar surface area (TPSA) is 48.0 Å². The van der Waals surface area contributed by atoms with Crippen LogP contribution in [0.3, 0.4) is 0 Å². The van der Waals surface area contributed by atoms with Gasteiger partial charge in [0.25, 0.3) is 0 Å². The Hall–Kier alpha value is -2.69. The van der Waals surface area contributed by atoms with Crippen molar-refractivity contribution in [3.63, 3.8) is 0 Å². The molecule has 0 bridgehead atoms. The van der Waals surface area contributed by atoms with Gasteiger partial charge in [-0.05, 0) is 35.7 Å². The van der Waals surface area contributed by atoms with Crippen molar-refractivity contribution in [3.05, 3.63) is 59.2 Å². The first-order chi connectivity index (χ1) is 13.2. The van der Waals surface area contributed by atoms with E-state index < -0.39 is 0 Å². The van der Waals surface area contributed by atoms with Crippen molar-refractivity contribution in [1.82, 2.24) is 4.90 Å². The van der Waals surface area contributed by atoms with Gasteiger partial charge in [0.1, 0.15) is 12.2 Å². The number of cyclic esters (lactones) is 1. The van der Waals surface area contributed by atoms with Gasteiger partial charge in [-0.15, -0.1) is 0 Å². The second-order valence-electron chi connectivity index (χ2n) is 7.07. The van der Waals surface area contributed by atoms with Crippen LogP contribution in [0.2, 0.25) is 0 Å². The van der Waals surface area contributed by atoms with E-state index in [1.165, 1.54) is 11.1 Å². The molecule has 2 aromatic rings. The van der Waals surface area contributed by atoms with Crippen LogP contribution in [0.4, 0.5) is 4.79 Å². The van der Waals surface area contributed by atoms with Crippen LogP contribution in [-0.2, 0) is 17.6 Å². The average Bonchev–Trinajstić information content (AvgIpc) is 3.10. The largest absolute Gasteiger partial charge is 0.493 e. The Morgan fingerprint density at radius 3 is 2.48 bits per heavy atom. The predicted molar refractivity (Wildman–Crippen MR) is 102 cm³/mol. The van der Waals surface area contributed by atoms with E-state index in [-0.39, 0.29) is 18.3 Å². The molecule has 1 aliphatic carbocycles. The van der Waals surface area contributed by atoms with Gasteiger partial charge in [-0.1, -0.05) is 30.3 Å². The fourth-order valence-corrected chi connectivity index (χ4v) is 3.91. The summed E-state index contributed by atoms with van der Waals surface area (Å²) in [6.45, 7) is 3.34. The summed E-state index contributed by atoms with van der Waals surface area (Å²) in [5.74, 6) is 1.41. The molecule has 0 aromatic heterocycles. The molecule has 1 amide bonds. The predicted octanol–water partition coefficient (Wildman–Crippen LogP) is 4.14. The number of rotatable bonds is 5. The van der Waals surface area contributed by atoms with Gasteiger partial charge in [0.2, 0.25) is 0 Å². The highest BCUT2D eigenvalue weighted by molar-refractivity contribution is 5.68. The van der Waals surface area contributed by atoms with Crippen molar-refractivity contribution in [3.8, 4) is 11.5 Å². The van der Waals surface area contributed by atoms with Gasteiger partial charge in [-0.3, -0.25) is 0 Å². The van der Waals surface area contributed by atoms with E-state index in [2.05, 4.69) is 24.3 Å². The normalized spacial score (nSPS) is 19.6. The smallest absolute Gasteiger partial charge is 0.410 e. The maximum Gasteiger partial charge on any atom is 0.410 e. The molecule has 1 heterocycles. The minimum absolute atomic E-state index is 0.0936. The van der Waals surface area contributed by atoms with Crippen molar-refractivity contribution in [1.29, 1.82) is 0 Å². The van der Waals surface area contributed by atoms with E-state index in [0.29, 0.717) is 24.6 Å². The van der Waals surface area contributed by atoms with Gasteiger partial charge >= 0.3 is 6.09 Å². The number of benzene rings is 2. The number of methoxy groups -OCH3 is 1. The average molecular weight is 367 g/mol. The van der Waals surface area contributed by atoms with Gasteiger partial charge in [-0.2, -0.15) is 0 Å². The zero-order valence-corrected chi connectivity index (χ0v) is 15.8. The molecule has 0 spiro atoms. The third-order valence-corrected chi connectivity index (χ3v) is 5.41. The van der Waals surface area contributed by atoms with Crippen LogP contribution >= 0.6 is 0 Å². The van der Waals surface area contributed by atoms with Crippen molar-refractivity contribution in [2.75, 3.05) is 20.2 Å². The maximum atomic E-state index is 12.1. The third-order valence-electron chi connectivity index (χ3n) is 5.41. The summed E-state index contributed by atoms with van der Waals surface area (Å²) in [5.41, 5.74) is 3.64. The van der Waals surface area contributed by atoms with E-state index >= 15 is 0 Å². The van der Waals surface area contributed by atoms with Crippen molar-refractivity contribution >= 4 is 6.09 Å². The molecule has 5 heteroatoms. The van der Waals surface area contributed by atoms with Crippen molar-refractivity contribution < 1.29 is 19.0 Å². The summed E-state index contributed by atoms with van der Waals surface area (Å²) in [6, 6.07) is 14.3. The minimum Gasteiger partial charge on any atom is -0.493 e. The van der Waals surface area contributed by atoms with Crippen LogP contribution in [0.25, 0.3) is 0 Å². The monoisotopic (exact) mass is 367 g/mol. The Kier molecular flexibility index (Phi) is 4.92. The van der Waals surface area contributed by atoms with Gasteiger partial charge < -0.3 is 19.1 Å². The van der Waals surface area contributed by atoms with Crippen LogP contribution in [0.1, 0.15) is 36.1 Å². The third kappa shape index (κ3) is 3.59. The highest BCUT2D eigenvalue weighted by Crippen LogP contribution is 2.36. The van der Waals surface area contributed by atoms with Crippen LogP contribution in [0.5, 0.6) is 11.5 Å². The van der Waals surface area contributed by atoms with E-state index in [4.69, 9.17) is 14.2 Å². The molecule has 1 atom stereocenters. The molecule has 0 saturated carbocycles. The van der Waals surface area contributed by atoms with Crippen LogP contribution in [0, 0.1) is 0 Å². The maximum absolute atomic E-state index is 12.1. The lowest BCUT2D eigenvalue weighted by Gasteiger charge is -2.31. The Labute approximate surface area is 159 Å². The molecule has 4 rings (SSSR count). The van der Waals surface area contributed by atoms with Crippen LogP contribution in [0.15, 0.2) is 42.5 Å². The van der Waals surface area contributed by atoms with Crippen LogP contribution < -0.4 is 9.47 Å². The molecular weight excluding hydrogens is 342 g/mol. The Morgan fingerprint density at radius 1 is 1.11 bits per heavy atom. The molecule has 1 saturated heterocycles. The summed E-state index contributed by atoms with van der Waals surface area (Å²) < 4.78 is 17.4. The lowest BCUT2D eigenvalue weighted by molar-refractivity contribution is 0.0258. The quantitative estimate of drug-likeness (QED) is 0.797. The number of nitrogens with zero attached hydrogens (tertiary/aromatic N) is 1.